The van der Waals surface area contributed by atoms with Gasteiger partial charge in [0, 0.05) is 17.8 Å². The fourth-order valence-corrected chi connectivity index (χ4v) is 4.46. The third-order valence-electron chi connectivity index (χ3n) is 4.44. The average Bonchev–Trinajstić information content (AvgIpc) is 2.60. The third-order valence-corrected chi connectivity index (χ3v) is 5.91. The molecule has 0 saturated heterocycles. The van der Waals surface area contributed by atoms with Gasteiger partial charge in [0.15, 0.2) is 11.5 Å². The molecule has 0 fully saturated rings. The van der Waals surface area contributed by atoms with Crippen molar-refractivity contribution >= 4 is 28.1 Å². The number of halogens is 1. The van der Waals surface area contributed by atoms with E-state index in [-0.39, 0.29) is 23.3 Å². The molecule has 26 heavy (non-hydrogen) atoms. The number of fused-ring (bicyclic) bond motifs is 1. The van der Waals surface area contributed by atoms with Crippen molar-refractivity contribution in [3.63, 3.8) is 0 Å². The van der Waals surface area contributed by atoms with E-state index in [2.05, 4.69) is 4.72 Å². The molecule has 8 heteroatoms. The van der Waals surface area contributed by atoms with Crippen LogP contribution in [0.3, 0.4) is 0 Å². The van der Waals surface area contributed by atoms with Crippen LogP contribution in [0.4, 0.5) is 5.69 Å². The molecule has 1 aliphatic rings. The second-order valence-corrected chi connectivity index (χ2v) is 7.76. The third kappa shape index (κ3) is 4.06. The van der Waals surface area contributed by atoms with Crippen molar-refractivity contribution in [1.29, 1.82) is 0 Å². The van der Waals surface area contributed by atoms with E-state index in [1.165, 1.54) is 26.4 Å². The molecule has 1 aliphatic carbocycles. The van der Waals surface area contributed by atoms with Crippen molar-refractivity contribution in [2.75, 3.05) is 20.0 Å². The standard InChI is InChI=1S/C18H22N2O4S.ClH/c1-23-17-9-7-14(11-18(17)24-2)25(21,22)20-16-5-3-4-12-10-13(19)6-8-15(12)16;/h6-11,16,20H,3-5,19H2,1-2H3;1H. The Labute approximate surface area is 160 Å². The first kappa shape index (κ1) is 20.4. The van der Waals surface area contributed by atoms with Crippen LogP contribution in [0.1, 0.15) is 30.0 Å². The van der Waals surface area contributed by atoms with Crippen molar-refractivity contribution in [2.45, 2.75) is 30.2 Å². The van der Waals surface area contributed by atoms with Crippen molar-refractivity contribution < 1.29 is 17.9 Å². The first-order valence-electron chi connectivity index (χ1n) is 8.07. The summed E-state index contributed by atoms with van der Waals surface area (Å²) in [6.45, 7) is 0. The number of methoxy groups -OCH3 is 2. The second kappa shape index (κ2) is 8.16. The van der Waals surface area contributed by atoms with Crippen LogP contribution in [-0.2, 0) is 16.4 Å². The monoisotopic (exact) mass is 398 g/mol. The average molecular weight is 399 g/mol. The van der Waals surface area contributed by atoms with Gasteiger partial charge < -0.3 is 15.2 Å². The van der Waals surface area contributed by atoms with Crippen molar-refractivity contribution in [1.82, 2.24) is 4.72 Å². The quantitative estimate of drug-likeness (QED) is 0.755. The number of anilines is 1. The topological polar surface area (TPSA) is 90.7 Å². The number of hydrogen-bond donors (Lipinski definition) is 2. The van der Waals surface area contributed by atoms with Gasteiger partial charge in [0.05, 0.1) is 19.1 Å². The summed E-state index contributed by atoms with van der Waals surface area (Å²) in [7, 11) is -0.703. The van der Waals surface area contributed by atoms with Gasteiger partial charge >= 0.3 is 0 Å². The number of nitrogen functional groups attached to an aromatic ring is 1. The van der Waals surface area contributed by atoms with Gasteiger partial charge in [-0.25, -0.2) is 13.1 Å². The van der Waals surface area contributed by atoms with Crippen molar-refractivity contribution in [3.8, 4) is 11.5 Å². The highest BCUT2D eigenvalue weighted by atomic mass is 35.5. The SMILES string of the molecule is COc1ccc(S(=O)(=O)NC2CCCc3cc(N)ccc32)cc1OC.Cl. The summed E-state index contributed by atoms with van der Waals surface area (Å²) in [5, 5.41) is 0. The molecule has 0 bridgehead atoms. The molecule has 6 nitrogen and oxygen atoms in total. The fourth-order valence-electron chi connectivity index (χ4n) is 3.20. The minimum absolute atomic E-state index is 0. The Hall–Kier alpha value is -1.96. The van der Waals surface area contributed by atoms with E-state index in [1.54, 1.807) is 6.07 Å². The van der Waals surface area contributed by atoms with Gasteiger partial charge in [-0.15, -0.1) is 12.4 Å². The molecule has 0 amide bonds. The van der Waals surface area contributed by atoms with Crippen molar-refractivity contribution in [2.24, 2.45) is 0 Å². The number of nitrogens with one attached hydrogen (secondary N) is 1. The van der Waals surface area contributed by atoms with Gasteiger partial charge in [-0.3, -0.25) is 0 Å². The van der Waals surface area contributed by atoms with E-state index in [0.29, 0.717) is 17.2 Å². The Bertz CT molecular complexity index is 887. The fraction of sp³-hybridized carbons (Fsp3) is 0.333. The number of nitrogens with two attached hydrogens (primary N) is 1. The first-order chi connectivity index (χ1) is 11.9. The highest BCUT2D eigenvalue weighted by Crippen LogP contribution is 2.34. The largest absolute Gasteiger partial charge is 0.493 e. The predicted molar refractivity (Wildman–Crippen MR) is 104 cm³/mol. The lowest BCUT2D eigenvalue weighted by atomic mass is 9.88. The molecule has 2 aromatic rings. The van der Waals surface area contributed by atoms with E-state index in [1.807, 2.05) is 18.2 Å². The Morgan fingerprint density at radius 2 is 1.81 bits per heavy atom. The lowest BCUT2D eigenvalue weighted by molar-refractivity contribution is 0.354. The van der Waals surface area contributed by atoms with Gasteiger partial charge in [0.2, 0.25) is 10.0 Å². The molecule has 0 aromatic heterocycles. The van der Waals surface area contributed by atoms with Crippen LogP contribution >= 0.6 is 12.4 Å². The Morgan fingerprint density at radius 1 is 1.08 bits per heavy atom. The molecule has 142 valence electrons. The number of sulfonamides is 1. The van der Waals surface area contributed by atoms with Gasteiger partial charge in [-0.1, -0.05) is 6.07 Å². The van der Waals surface area contributed by atoms with Gasteiger partial charge in [-0.05, 0) is 54.7 Å². The maximum absolute atomic E-state index is 12.8. The zero-order valence-corrected chi connectivity index (χ0v) is 16.3. The minimum Gasteiger partial charge on any atom is -0.493 e. The molecule has 0 radical (unpaired) electrons. The summed E-state index contributed by atoms with van der Waals surface area (Å²) in [5.41, 5.74) is 8.63. The van der Waals surface area contributed by atoms with Crippen molar-refractivity contribution in [3.05, 3.63) is 47.5 Å². The van der Waals surface area contributed by atoms with E-state index in [9.17, 15) is 8.42 Å². The number of ether oxygens (including phenoxy) is 2. The maximum atomic E-state index is 12.8. The molecular weight excluding hydrogens is 376 g/mol. The molecular formula is C18H23ClN2O4S. The number of rotatable bonds is 5. The zero-order chi connectivity index (χ0) is 18.0. The maximum Gasteiger partial charge on any atom is 0.241 e. The molecule has 2 aromatic carbocycles. The van der Waals surface area contributed by atoms with Crippen LogP contribution in [0.25, 0.3) is 0 Å². The molecule has 0 heterocycles. The number of hydrogen-bond acceptors (Lipinski definition) is 5. The minimum atomic E-state index is -3.69. The van der Waals surface area contributed by atoms with E-state index >= 15 is 0 Å². The first-order valence-corrected chi connectivity index (χ1v) is 9.55. The van der Waals surface area contributed by atoms with Gasteiger partial charge in [0.25, 0.3) is 0 Å². The molecule has 1 unspecified atom stereocenters. The molecule has 0 aliphatic heterocycles. The second-order valence-electron chi connectivity index (χ2n) is 6.04. The van der Waals surface area contributed by atoms with E-state index < -0.39 is 10.0 Å². The molecule has 3 rings (SSSR count). The van der Waals surface area contributed by atoms with Crippen LogP contribution in [-0.4, -0.2) is 22.6 Å². The summed E-state index contributed by atoms with van der Waals surface area (Å²) < 4.78 is 38.8. The van der Waals surface area contributed by atoms with Crippen LogP contribution in [0.2, 0.25) is 0 Å². The van der Waals surface area contributed by atoms with Gasteiger partial charge in [-0.2, -0.15) is 0 Å². The normalized spacial score (nSPS) is 16.3. The highest BCUT2D eigenvalue weighted by molar-refractivity contribution is 7.89. The van der Waals surface area contributed by atoms with E-state index in [0.717, 1.165) is 30.4 Å². The molecule has 1 atom stereocenters. The Balaban J connectivity index is 0.00000243. The van der Waals surface area contributed by atoms with Crippen LogP contribution in [0, 0.1) is 0 Å². The number of benzene rings is 2. The number of aryl methyl sites for hydroxylation is 1. The summed E-state index contributed by atoms with van der Waals surface area (Å²) >= 11 is 0. The van der Waals surface area contributed by atoms with Gasteiger partial charge in [0.1, 0.15) is 0 Å². The summed E-state index contributed by atoms with van der Waals surface area (Å²) in [6.07, 6.45) is 2.58. The summed E-state index contributed by atoms with van der Waals surface area (Å²) in [4.78, 5) is 0.146. The molecule has 0 spiro atoms. The van der Waals surface area contributed by atoms with E-state index in [4.69, 9.17) is 15.2 Å². The zero-order valence-electron chi connectivity index (χ0n) is 14.7. The van der Waals surface area contributed by atoms with Crippen LogP contribution in [0.5, 0.6) is 11.5 Å². The lowest BCUT2D eigenvalue weighted by Crippen LogP contribution is -2.31. The predicted octanol–water partition coefficient (Wildman–Crippen LogP) is 3.06. The molecule has 0 saturated carbocycles. The van der Waals surface area contributed by atoms with Crippen LogP contribution < -0.4 is 19.9 Å². The Morgan fingerprint density at radius 3 is 2.50 bits per heavy atom. The smallest absolute Gasteiger partial charge is 0.241 e. The van der Waals surface area contributed by atoms with Crippen LogP contribution in [0.15, 0.2) is 41.3 Å². The summed E-state index contributed by atoms with van der Waals surface area (Å²) in [6, 6.07) is 9.94. The Kier molecular flexibility index (Phi) is 6.39. The highest BCUT2D eigenvalue weighted by Gasteiger charge is 2.26. The lowest BCUT2D eigenvalue weighted by Gasteiger charge is -2.26. The summed E-state index contributed by atoms with van der Waals surface area (Å²) in [5.74, 6) is 0.863. The molecule has 3 N–H and O–H groups in total.